The molecule has 1 amide bonds. The predicted octanol–water partition coefficient (Wildman–Crippen LogP) is 5.28. The Kier molecular flexibility index (Phi) is 7.31. The van der Waals surface area contributed by atoms with Crippen LogP contribution in [0, 0.1) is 0 Å². The number of oxazole rings is 1. The number of carbonyl (C=O) groups is 1. The second kappa shape index (κ2) is 9.92. The molecule has 0 N–H and O–H groups in total. The van der Waals surface area contributed by atoms with Crippen molar-refractivity contribution in [3.05, 3.63) is 87.6 Å². The van der Waals surface area contributed by atoms with Crippen LogP contribution in [-0.2, 0) is 19.6 Å². The van der Waals surface area contributed by atoms with E-state index in [0.717, 1.165) is 11.1 Å². The summed E-state index contributed by atoms with van der Waals surface area (Å²) in [5, 5.41) is 1.22. The van der Waals surface area contributed by atoms with Gasteiger partial charge in [0.1, 0.15) is 6.26 Å². The first-order valence-corrected chi connectivity index (χ1v) is 10.1. The largest absolute Gasteiger partial charge is 0.447 e. The minimum Gasteiger partial charge on any atom is -0.447 e. The smallest absolute Gasteiger partial charge is 0.275 e. The molecule has 3 rings (SSSR count). The number of aromatic nitrogens is 1. The minimum absolute atomic E-state index is 0.155. The van der Waals surface area contributed by atoms with Gasteiger partial charge >= 0.3 is 0 Å². The van der Waals surface area contributed by atoms with Crippen molar-refractivity contribution in [2.75, 3.05) is 13.6 Å². The Hall–Kier alpha value is -2.34. The van der Waals surface area contributed by atoms with Crippen molar-refractivity contribution in [1.82, 2.24) is 14.8 Å². The van der Waals surface area contributed by atoms with E-state index in [1.165, 1.54) is 6.26 Å². The molecule has 0 fully saturated rings. The molecular weight excluding hydrogens is 409 g/mol. The van der Waals surface area contributed by atoms with E-state index in [4.69, 9.17) is 27.6 Å². The Bertz CT molecular complexity index is 960. The van der Waals surface area contributed by atoms with E-state index in [1.807, 2.05) is 37.3 Å². The lowest BCUT2D eigenvalue weighted by Gasteiger charge is -2.21. The summed E-state index contributed by atoms with van der Waals surface area (Å²) in [6, 6.07) is 15.6. The molecule has 0 saturated heterocycles. The van der Waals surface area contributed by atoms with Crippen LogP contribution < -0.4 is 0 Å². The van der Waals surface area contributed by atoms with Gasteiger partial charge < -0.3 is 9.32 Å². The summed E-state index contributed by atoms with van der Waals surface area (Å²) in [4.78, 5) is 20.4. The van der Waals surface area contributed by atoms with E-state index < -0.39 is 0 Å². The van der Waals surface area contributed by atoms with E-state index in [1.54, 1.807) is 18.0 Å². The van der Waals surface area contributed by atoms with Crippen molar-refractivity contribution in [2.24, 2.45) is 0 Å². The zero-order valence-corrected chi connectivity index (χ0v) is 18.0. The summed E-state index contributed by atoms with van der Waals surface area (Å²) in [5.74, 6) is 0.330. The third kappa shape index (κ3) is 5.82. The molecule has 0 atom stereocenters. The maximum absolute atomic E-state index is 12.3. The normalized spacial score (nSPS) is 11.1. The number of nitrogens with zero attached hydrogens (tertiary/aromatic N) is 3. The van der Waals surface area contributed by atoms with Gasteiger partial charge in [0, 0.05) is 36.7 Å². The van der Waals surface area contributed by atoms with Gasteiger partial charge in [0.2, 0.25) is 5.89 Å². The fraction of sp³-hybridized carbons (Fsp3) is 0.273. The van der Waals surface area contributed by atoms with E-state index in [2.05, 4.69) is 22.0 Å². The molecule has 0 bridgehead atoms. The number of hydrogen-bond donors (Lipinski definition) is 0. The Morgan fingerprint density at radius 2 is 1.83 bits per heavy atom. The quantitative estimate of drug-likeness (QED) is 0.486. The molecule has 0 aliphatic rings. The number of rotatable bonds is 8. The van der Waals surface area contributed by atoms with Crippen LogP contribution in [0.25, 0.3) is 0 Å². The Morgan fingerprint density at radius 1 is 1.07 bits per heavy atom. The molecular formula is C22H23Cl2N3O2. The van der Waals surface area contributed by atoms with Crippen LogP contribution in [0.1, 0.15) is 34.4 Å². The molecule has 0 unspecified atom stereocenters. The molecule has 0 radical (unpaired) electrons. The van der Waals surface area contributed by atoms with Crippen molar-refractivity contribution in [3.63, 3.8) is 0 Å². The standard InChI is InChI=1S/C22H23Cl2N3O2/c1-3-26(2)22(28)20-15-29-21(25-20)14-27(12-16-7-5-4-6-8-16)13-17-9-10-18(23)11-19(17)24/h4-11,15H,3,12-14H2,1-2H3. The van der Waals surface area contributed by atoms with Crippen LogP contribution in [0.3, 0.4) is 0 Å². The molecule has 5 nitrogen and oxygen atoms in total. The van der Waals surface area contributed by atoms with Gasteiger partial charge in [-0.1, -0.05) is 59.6 Å². The highest BCUT2D eigenvalue weighted by Gasteiger charge is 2.18. The van der Waals surface area contributed by atoms with Gasteiger partial charge in [0.25, 0.3) is 5.91 Å². The van der Waals surface area contributed by atoms with Gasteiger partial charge in [-0.05, 0) is 30.2 Å². The number of amides is 1. The highest BCUT2D eigenvalue weighted by Crippen LogP contribution is 2.24. The molecule has 1 aromatic heterocycles. The maximum Gasteiger partial charge on any atom is 0.275 e. The van der Waals surface area contributed by atoms with E-state index >= 15 is 0 Å². The molecule has 152 valence electrons. The van der Waals surface area contributed by atoms with Crippen LogP contribution in [0.4, 0.5) is 0 Å². The Balaban J connectivity index is 1.79. The molecule has 29 heavy (non-hydrogen) atoms. The monoisotopic (exact) mass is 431 g/mol. The van der Waals surface area contributed by atoms with Crippen LogP contribution in [0.5, 0.6) is 0 Å². The van der Waals surface area contributed by atoms with Crippen molar-refractivity contribution in [3.8, 4) is 0 Å². The van der Waals surface area contributed by atoms with Gasteiger partial charge in [-0.3, -0.25) is 9.69 Å². The lowest BCUT2D eigenvalue weighted by Crippen LogP contribution is -2.26. The molecule has 7 heteroatoms. The summed E-state index contributed by atoms with van der Waals surface area (Å²) in [5.41, 5.74) is 2.43. The van der Waals surface area contributed by atoms with Gasteiger partial charge in [0.05, 0.1) is 6.54 Å². The lowest BCUT2D eigenvalue weighted by molar-refractivity contribution is 0.0796. The fourth-order valence-corrected chi connectivity index (χ4v) is 3.38. The first kappa shape index (κ1) is 21.4. The number of hydrogen-bond acceptors (Lipinski definition) is 4. The highest BCUT2D eigenvalue weighted by atomic mass is 35.5. The molecule has 1 heterocycles. The highest BCUT2D eigenvalue weighted by molar-refractivity contribution is 6.35. The van der Waals surface area contributed by atoms with Crippen molar-refractivity contribution < 1.29 is 9.21 Å². The maximum atomic E-state index is 12.3. The second-order valence-electron chi connectivity index (χ2n) is 6.81. The van der Waals surface area contributed by atoms with Crippen LogP contribution >= 0.6 is 23.2 Å². The van der Waals surface area contributed by atoms with E-state index in [9.17, 15) is 4.79 Å². The summed E-state index contributed by atoms with van der Waals surface area (Å²) in [7, 11) is 1.74. The third-order valence-corrected chi connectivity index (χ3v) is 5.20. The van der Waals surface area contributed by atoms with E-state index in [0.29, 0.717) is 47.8 Å². The first-order chi connectivity index (χ1) is 14.0. The molecule has 0 spiro atoms. The fourth-order valence-electron chi connectivity index (χ4n) is 2.91. The minimum atomic E-state index is -0.155. The molecule has 3 aromatic rings. The molecule has 2 aromatic carbocycles. The third-order valence-electron chi connectivity index (χ3n) is 4.61. The summed E-state index contributed by atoms with van der Waals surface area (Å²) < 4.78 is 5.58. The average Bonchev–Trinajstić information content (AvgIpc) is 3.18. The number of benzene rings is 2. The predicted molar refractivity (Wildman–Crippen MR) is 115 cm³/mol. The van der Waals surface area contributed by atoms with Crippen molar-refractivity contribution in [2.45, 2.75) is 26.6 Å². The first-order valence-electron chi connectivity index (χ1n) is 9.36. The zero-order valence-electron chi connectivity index (χ0n) is 16.4. The van der Waals surface area contributed by atoms with Gasteiger partial charge in [-0.15, -0.1) is 0 Å². The van der Waals surface area contributed by atoms with Crippen molar-refractivity contribution in [1.29, 1.82) is 0 Å². The molecule has 0 aliphatic heterocycles. The number of halogens is 2. The summed E-state index contributed by atoms with van der Waals surface area (Å²) >= 11 is 12.4. The summed E-state index contributed by atoms with van der Waals surface area (Å²) in [6.45, 7) is 4.23. The average molecular weight is 432 g/mol. The van der Waals surface area contributed by atoms with Crippen LogP contribution in [0.15, 0.2) is 59.2 Å². The number of carbonyl (C=O) groups excluding carboxylic acids is 1. The lowest BCUT2D eigenvalue weighted by atomic mass is 10.1. The van der Waals surface area contributed by atoms with Gasteiger partial charge in [-0.25, -0.2) is 4.98 Å². The Morgan fingerprint density at radius 3 is 2.52 bits per heavy atom. The Labute approximate surface area is 180 Å². The van der Waals surface area contributed by atoms with Crippen LogP contribution in [-0.4, -0.2) is 34.3 Å². The second-order valence-corrected chi connectivity index (χ2v) is 7.66. The SMILES string of the molecule is CCN(C)C(=O)c1coc(CN(Cc2ccccc2)Cc2ccc(Cl)cc2Cl)n1. The van der Waals surface area contributed by atoms with Crippen molar-refractivity contribution >= 4 is 29.1 Å². The molecule has 0 saturated carbocycles. The zero-order chi connectivity index (χ0) is 20.8. The van der Waals surface area contributed by atoms with Gasteiger partial charge in [-0.2, -0.15) is 0 Å². The van der Waals surface area contributed by atoms with Gasteiger partial charge in [0.15, 0.2) is 5.69 Å². The molecule has 0 aliphatic carbocycles. The van der Waals surface area contributed by atoms with E-state index in [-0.39, 0.29) is 5.91 Å². The van der Waals surface area contributed by atoms with Crippen LogP contribution in [0.2, 0.25) is 10.0 Å². The summed E-state index contributed by atoms with van der Waals surface area (Å²) in [6.07, 6.45) is 1.42. The topological polar surface area (TPSA) is 49.6 Å².